The average Bonchev–Trinajstić information content (AvgIpc) is 3.10. The van der Waals surface area contributed by atoms with Gasteiger partial charge in [0.25, 0.3) is 0 Å². The number of thioether (sulfide) groups is 1. The van der Waals surface area contributed by atoms with E-state index in [4.69, 9.17) is 4.74 Å². The molecule has 0 aromatic heterocycles. The van der Waals surface area contributed by atoms with Gasteiger partial charge in [0.15, 0.2) is 5.12 Å². The number of alkyl carbamates (subject to hydrolysis) is 1. The second kappa shape index (κ2) is 12.3. The predicted octanol–water partition coefficient (Wildman–Crippen LogP) is 4.64. The molecule has 2 amide bonds. The van der Waals surface area contributed by atoms with Crippen LogP contribution < -0.4 is 10.6 Å². The van der Waals surface area contributed by atoms with Crippen LogP contribution in [-0.4, -0.2) is 40.6 Å². The molecule has 1 atom stereocenters. The van der Waals surface area contributed by atoms with Crippen molar-refractivity contribution in [3.05, 3.63) is 35.4 Å². The summed E-state index contributed by atoms with van der Waals surface area (Å²) in [7, 11) is 0. The summed E-state index contributed by atoms with van der Waals surface area (Å²) in [5.41, 5.74) is 1.91. The van der Waals surface area contributed by atoms with Gasteiger partial charge in [0.1, 0.15) is 11.6 Å². The van der Waals surface area contributed by atoms with E-state index in [1.165, 1.54) is 22.9 Å². The topological polar surface area (TPSA) is 84.5 Å². The van der Waals surface area contributed by atoms with E-state index in [9.17, 15) is 14.4 Å². The molecule has 7 heteroatoms. The monoisotopic (exact) mass is 462 g/mol. The molecular formula is C25H38N2O4S. The first kappa shape index (κ1) is 26.2. The van der Waals surface area contributed by atoms with Crippen LogP contribution in [0.1, 0.15) is 71.4 Å². The summed E-state index contributed by atoms with van der Waals surface area (Å²) in [6.07, 6.45) is 4.16. The lowest BCUT2D eigenvalue weighted by molar-refractivity contribution is -0.124. The number of nitrogens with one attached hydrogen (secondary N) is 2. The molecule has 1 aliphatic rings. The van der Waals surface area contributed by atoms with Crippen molar-refractivity contribution < 1.29 is 19.1 Å². The lowest BCUT2D eigenvalue weighted by atomic mass is 10.1. The van der Waals surface area contributed by atoms with Crippen LogP contribution in [0.4, 0.5) is 4.79 Å². The Morgan fingerprint density at radius 2 is 1.69 bits per heavy atom. The molecule has 178 valence electrons. The van der Waals surface area contributed by atoms with E-state index in [2.05, 4.69) is 22.8 Å². The normalized spacial score (nSPS) is 14.7. The first-order valence-electron chi connectivity index (χ1n) is 11.6. The molecule has 1 aromatic rings. The maximum atomic E-state index is 13.0. The van der Waals surface area contributed by atoms with Crippen LogP contribution in [0.5, 0.6) is 0 Å². The Labute approximate surface area is 196 Å². The molecule has 0 fully saturated rings. The highest BCUT2D eigenvalue weighted by atomic mass is 32.2. The molecule has 0 heterocycles. The fraction of sp³-hybridized carbons (Fsp3) is 0.640. The van der Waals surface area contributed by atoms with Gasteiger partial charge in [-0.15, -0.1) is 0 Å². The van der Waals surface area contributed by atoms with E-state index in [0.717, 1.165) is 37.9 Å². The first-order valence-corrected chi connectivity index (χ1v) is 12.6. The highest BCUT2D eigenvalue weighted by Gasteiger charge is 2.28. The van der Waals surface area contributed by atoms with E-state index in [-0.39, 0.29) is 23.0 Å². The van der Waals surface area contributed by atoms with E-state index in [1.807, 2.05) is 26.0 Å². The first-order chi connectivity index (χ1) is 15.0. The molecule has 0 radical (unpaired) electrons. The number of unbranched alkanes of at least 4 members (excludes halogenated alkanes) is 2. The molecule has 0 unspecified atom stereocenters. The minimum absolute atomic E-state index is 0.0429. The Hall–Kier alpha value is -2.02. The number of benzene rings is 1. The third-order valence-electron chi connectivity index (χ3n) is 5.26. The van der Waals surface area contributed by atoms with E-state index in [1.54, 1.807) is 20.8 Å². The maximum Gasteiger partial charge on any atom is 0.408 e. The van der Waals surface area contributed by atoms with Crippen LogP contribution in [0.3, 0.4) is 0 Å². The van der Waals surface area contributed by atoms with E-state index < -0.39 is 17.7 Å². The van der Waals surface area contributed by atoms with Gasteiger partial charge in [-0.3, -0.25) is 9.59 Å². The second-order valence-corrected chi connectivity index (χ2v) is 10.9. The van der Waals surface area contributed by atoms with Crippen molar-refractivity contribution in [1.82, 2.24) is 10.6 Å². The lowest BCUT2D eigenvalue weighted by Crippen LogP contribution is -2.50. The molecule has 0 bridgehead atoms. The Bertz CT molecular complexity index is 763. The summed E-state index contributed by atoms with van der Waals surface area (Å²) in [5.74, 6) is 0.666. The summed E-state index contributed by atoms with van der Waals surface area (Å²) in [5, 5.41) is 6.09. The molecule has 0 aliphatic heterocycles. The van der Waals surface area contributed by atoms with Gasteiger partial charge in [0.05, 0.1) is 0 Å². The fourth-order valence-electron chi connectivity index (χ4n) is 3.65. The number of carbonyl (C=O) groups is 3. The van der Waals surface area contributed by atoms with Crippen LogP contribution in [0.2, 0.25) is 0 Å². The van der Waals surface area contributed by atoms with Crippen molar-refractivity contribution in [3.63, 3.8) is 0 Å². The highest BCUT2D eigenvalue weighted by Crippen LogP contribution is 2.22. The van der Waals surface area contributed by atoms with Gasteiger partial charge in [0, 0.05) is 17.7 Å². The van der Waals surface area contributed by atoms with Crippen LogP contribution >= 0.6 is 11.8 Å². The molecule has 6 nitrogen and oxygen atoms in total. The van der Waals surface area contributed by atoms with Gasteiger partial charge in [0.2, 0.25) is 5.91 Å². The van der Waals surface area contributed by atoms with Gasteiger partial charge < -0.3 is 15.4 Å². The Balaban J connectivity index is 1.85. The molecule has 0 saturated heterocycles. The van der Waals surface area contributed by atoms with Gasteiger partial charge in [-0.1, -0.05) is 62.7 Å². The van der Waals surface area contributed by atoms with Crippen LogP contribution in [-0.2, 0) is 27.2 Å². The average molecular weight is 463 g/mol. The van der Waals surface area contributed by atoms with Crippen molar-refractivity contribution >= 4 is 28.9 Å². The molecule has 2 rings (SSSR count). The smallest absolute Gasteiger partial charge is 0.408 e. The van der Waals surface area contributed by atoms with Crippen molar-refractivity contribution in [2.24, 2.45) is 5.92 Å². The summed E-state index contributed by atoms with van der Waals surface area (Å²) in [6, 6.07) is 7.63. The maximum absolute atomic E-state index is 13.0. The van der Waals surface area contributed by atoms with Gasteiger partial charge >= 0.3 is 6.09 Å². The van der Waals surface area contributed by atoms with Crippen molar-refractivity contribution in [3.8, 4) is 0 Å². The zero-order chi connectivity index (χ0) is 23.7. The fourth-order valence-corrected chi connectivity index (χ4v) is 4.53. The molecule has 1 aromatic carbocycles. The highest BCUT2D eigenvalue weighted by molar-refractivity contribution is 8.13. The van der Waals surface area contributed by atoms with Gasteiger partial charge in [-0.2, -0.15) is 0 Å². The number of fused-ring (bicyclic) bond motifs is 1. The summed E-state index contributed by atoms with van der Waals surface area (Å²) >= 11 is 1.37. The number of carbonyl (C=O) groups excluding carboxylic acids is 3. The molecular weight excluding hydrogens is 424 g/mol. The van der Waals surface area contributed by atoms with Crippen LogP contribution in [0, 0.1) is 5.92 Å². The Morgan fingerprint density at radius 3 is 2.25 bits per heavy atom. The summed E-state index contributed by atoms with van der Waals surface area (Å²) in [4.78, 5) is 37.0. The number of hydrogen-bond acceptors (Lipinski definition) is 5. The summed E-state index contributed by atoms with van der Waals surface area (Å²) < 4.78 is 5.36. The van der Waals surface area contributed by atoms with Crippen LogP contribution in [0.15, 0.2) is 24.3 Å². The molecule has 0 saturated carbocycles. The van der Waals surface area contributed by atoms with Gasteiger partial charge in [-0.25, -0.2) is 4.79 Å². The number of rotatable bonds is 10. The molecule has 32 heavy (non-hydrogen) atoms. The van der Waals surface area contributed by atoms with E-state index >= 15 is 0 Å². The zero-order valence-electron chi connectivity index (χ0n) is 20.0. The minimum Gasteiger partial charge on any atom is -0.444 e. The second-order valence-electron chi connectivity index (χ2n) is 9.75. The standard InChI is InChI=1S/C25H38N2O4S/c1-17(2)23(29)32-14-10-6-7-13-21(27-24(30)31-25(3,4)5)22(28)26-20-15-18-11-8-9-12-19(18)16-20/h8-9,11-12,17,20-21H,6-7,10,13-16H2,1-5H3,(H,26,28)(H,27,30)/t21-/m0/s1. The Morgan fingerprint density at radius 1 is 1.06 bits per heavy atom. The largest absolute Gasteiger partial charge is 0.444 e. The summed E-state index contributed by atoms with van der Waals surface area (Å²) in [6.45, 7) is 9.21. The Kier molecular flexibility index (Phi) is 10.1. The predicted molar refractivity (Wildman–Crippen MR) is 130 cm³/mol. The number of ether oxygens (including phenoxy) is 1. The quantitative estimate of drug-likeness (QED) is 0.495. The number of hydrogen-bond donors (Lipinski definition) is 2. The molecule has 2 N–H and O–H groups in total. The van der Waals surface area contributed by atoms with Crippen molar-refractivity contribution in [2.45, 2.75) is 90.8 Å². The number of amides is 2. The zero-order valence-corrected chi connectivity index (χ0v) is 20.8. The molecule has 1 aliphatic carbocycles. The van der Waals surface area contributed by atoms with E-state index in [0.29, 0.717) is 6.42 Å². The van der Waals surface area contributed by atoms with Crippen molar-refractivity contribution in [1.29, 1.82) is 0 Å². The van der Waals surface area contributed by atoms with Crippen molar-refractivity contribution in [2.75, 3.05) is 5.75 Å². The third-order valence-corrected chi connectivity index (χ3v) is 6.51. The third kappa shape index (κ3) is 9.23. The minimum atomic E-state index is -0.640. The lowest BCUT2D eigenvalue weighted by Gasteiger charge is -2.24. The van der Waals surface area contributed by atoms with Crippen LogP contribution in [0.25, 0.3) is 0 Å². The van der Waals surface area contributed by atoms with Gasteiger partial charge in [-0.05, 0) is 57.6 Å². The molecule has 0 spiro atoms. The SMILES string of the molecule is CC(C)C(=O)SCCCCC[C@H](NC(=O)OC(C)(C)C)C(=O)NC1Cc2ccccc2C1.